The fourth-order valence-corrected chi connectivity index (χ4v) is 4.58. The smallest absolute Gasteiger partial charge is 0.319 e. The quantitative estimate of drug-likeness (QED) is 0.587. The normalized spacial score (nSPS) is 21.9. The Morgan fingerprint density at radius 3 is 2.57 bits per heavy atom. The van der Waals surface area contributed by atoms with Crippen LogP contribution >= 0.6 is 0 Å². The van der Waals surface area contributed by atoms with Crippen molar-refractivity contribution in [1.82, 2.24) is 10.2 Å². The van der Waals surface area contributed by atoms with Crippen molar-refractivity contribution in [1.29, 1.82) is 0 Å². The Labute approximate surface area is 177 Å². The average molecular weight is 405 g/mol. The Hall–Kier alpha value is -2.95. The summed E-state index contributed by atoms with van der Waals surface area (Å²) in [5.41, 5.74) is 2.61. The van der Waals surface area contributed by atoms with Gasteiger partial charge in [0, 0.05) is 5.56 Å². The van der Waals surface area contributed by atoms with Crippen LogP contribution in [0.3, 0.4) is 0 Å². The average Bonchev–Trinajstić information content (AvgIpc) is 2.91. The summed E-state index contributed by atoms with van der Waals surface area (Å²) in [5, 5.41) is 2.94. The SMILES string of the molecule is CC[C@@H](C)c1ccc(C(=O)CN2C(=O)N[C@]3(CCCCc4ccccc43)C2=O)cc1. The number of hydrogen-bond acceptors (Lipinski definition) is 3. The summed E-state index contributed by atoms with van der Waals surface area (Å²) in [4.78, 5) is 40.2. The van der Waals surface area contributed by atoms with Crippen molar-refractivity contribution in [3.8, 4) is 0 Å². The Morgan fingerprint density at radius 2 is 1.83 bits per heavy atom. The number of aryl methyl sites for hydroxylation is 1. The zero-order chi connectivity index (χ0) is 21.3. The van der Waals surface area contributed by atoms with Crippen LogP contribution < -0.4 is 5.32 Å². The molecular formula is C25H28N2O3. The molecule has 1 aliphatic heterocycles. The molecule has 2 aromatic rings. The van der Waals surface area contributed by atoms with Crippen molar-refractivity contribution < 1.29 is 14.4 Å². The van der Waals surface area contributed by atoms with Gasteiger partial charge < -0.3 is 5.32 Å². The monoisotopic (exact) mass is 404 g/mol. The molecule has 5 heteroatoms. The maximum absolute atomic E-state index is 13.4. The highest BCUT2D eigenvalue weighted by atomic mass is 16.2. The second-order valence-electron chi connectivity index (χ2n) is 8.45. The highest BCUT2D eigenvalue weighted by molar-refractivity contribution is 6.11. The molecule has 5 nitrogen and oxygen atoms in total. The zero-order valence-electron chi connectivity index (χ0n) is 17.6. The molecule has 1 aliphatic carbocycles. The maximum atomic E-state index is 13.4. The number of fused-ring (bicyclic) bond motifs is 2. The Balaban J connectivity index is 1.57. The molecule has 156 valence electrons. The summed E-state index contributed by atoms with van der Waals surface area (Å²) in [6, 6.07) is 14.8. The van der Waals surface area contributed by atoms with Gasteiger partial charge in [0.25, 0.3) is 5.91 Å². The van der Waals surface area contributed by atoms with Crippen LogP contribution in [0.1, 0.15) is 72.5 Å². The van der Waals surface area contributed by atoms with Gasteiger partial charge >= 0.3 is 6.03 Å². The topological polar surface area (TPSA) is 66.5 Å². The molecule has 0 unspecified atom stereocenters. The van der Waals surface area contributed by atoms with Crippen LogP contribution in [-0.2, 0) is 16.8 Å². The predicted molar refractivity (Wildman–Crippen MR) is 115 cm³/mol. The van der Waals surface area contributed by atoms with Gasteiger partial charge in [-0.15, -0.1) is 0 Å². The van der Waals surface area contributed by atoms with Gasteiger partial charge in [0.15, 0.2) is 5.78 Å². The van der Waals surface area contributed by atoms with Gasteiger partial charge in [0.1, 0.15) is 5.54 Å². The molecule has 0 bridgehead atoms. The Kier molecular flexibility index (Phi) is 5.46. The number of rotatable bonds is 5. The molecule has 2 atom stereocenters. The number of carbonyl (C=O) groups excluding carboxylic acids is 3. The first-order valence-electron chi connectivity index (χ1n) is 10.8. The number of benzene rings is 2. The molecule has 4 rings (SSSR count). The van der Waals surface area contributed by atoms with E-state index in [9.17, 15) is 14.4 Å². The number of nitrogens with zero attached hydrogens (tertiary/aromatic N) is 1. The lowest BCUT2D eigenvalue weighted by molar-refractivity contribution is -0.131. The van der Waals surface area contributed by atoms with E-state index < -0.39 is 11.6 Å². The van der Waals surface area contributed by atoms with Gasteiger partial charge in [0.05, 0.1) is 6.54 Å². The van der Waals surface area contributed by atoms with E-state index in [-0.39, 0.29) is 18.2 Å². The second kappa shape index (κ2) is 8.05. The Morgan fingerprint density at radius 1 is 1.10 bits per heavy atom. The number of nitrogens with one attached hydrogen (secondary N) is 1. The fourth-order valence-electron chi connectivity index (χ4n) is 4.58. The Bertz CT molecular complexity index is 982. The third kappa shape index (κ3) is 3.42. The number of Topliss-reactive ketones (excluding diaryl/α,β-unsaturated/α-hetero) is 1. The minimum absolute atomic E-state index is 0.229. The first-order chi connectivity index (χ1) is 14.5. The molecule has 0 saturated carbocycles. The zero-order valence-corrected chi connectivity index (χ0v) is 17.6. The third-order valence-electron chi connectivity index (χ3n) is 6.62. The number of hydrogen-bond donors (Lipinski definition) is 1. The number of imide groups is 1. The van der Waals surface area contributed by atoms with E-state index in [4.69, 9.17) is 0 Å². The van der Waals surface area contributed by atoms with E-state index in [0.29, 0.717) is 17.9 Å². The largest absolute Gasteiger partial charge is 0.325 e. The lowest BCUT2D eigenvalue weighted by Crippen LogP contribution is -2.44. The van der Waals surface area contributed by atoms with Crippen molar-refractivity contribution in [2.45, 2.75) is 57.4 Å². The lowest BCUT2D eigenvalue weighted by Gasteiger charge is -2.27. The van der Waals surface area contributed by atoms with Crippen LogP contribution in [0.15, 0.2) is 48.5 Å². The summed E-state index contributed by atoms with van der Waals surface area (Å²) in [6.45, 7) is 4.04. The van der Waals surface area contributed by atoms with E-state index in [1.165, 1.54) is 5.56 Å². The van der Waals surface area contributed by atoms with Crippen molar-refractivity contribution in [2.75, 3.05) is 6.54 Å². The van der Waals surface area contributed by atoms with Gasteiger partial charge in [-0.1, -0.05) is 62.4 Å². The summed E-state index contributed by atoms with van der Waals surface area (Å²) >= 11 is 0. The molecule has 30 heavy (non-hydrogen) atoms. The molecule has 0 aromatic heterocycles. The van der Waals surface area contributed by atoms with Gasteiger partial charge in [-0.25, -0.2) is 4.79 Å². The fraction of sp³-hybridized carbons (Fsp3) is 0.400. The first kappa shape index (κ1) is 20.3. The first-order valence-corrected chi connectivity index (χ1v) is 10.8. The lowest BCUT2D eigenvalue weighted by atomic mass is 9.84. The molecule has 1 N–H and O–H groups in total. The van der Waals surface area contributed by atoms with E-state index in [0.717, 1.165) is 41.7 Å². The molecular weight excluding hydrogens is 376 g/mol. The van der Waals surface area contributed by atoms with E-state index >= 15 is 0 Å². The number of carbonyl (C=O) groups is 3. The number of amides is 3. The third-order valence-corrected chi connectivity index (χ3v) is 6.62. The van der Waals surface area contributed by atoms with Gasteiger partial charge in [-0.3, -0.25) is 14.5 Å². The summed E-state index contributed by atoms with van der Waals surface area (Å²) in [6.07, 6.45) is 4.30. The predicted octanol–water partition coefficient (Wildman–Crippen LogP) is 4.56. The van der Waals surface area contributed by atoms with Crippen LogP contribution in [0.5, 0.6) is 0 Å². The van der Waals surface area contributed by atoms with Crippen molar-refractivity contribution >= 4 is 17.7 Å². The van der Waals surface area contributed by atoms with Crippen LogP contribution in [0.25, 0.3) is 0 Å². The molecule has 2 aliphatic rings. The number of ketones is 1. The highest BCUT2D eigenvalue weighted by Crippen LogP contribution is 2.39. The van der Waals surface area contributed by atoms with Crippen molar-refractivity contribution in [3.63, 3.8) is 0 Å². The van der Waals surface area contributed by atoms with Crippen LogP contribution in [-0.4, -0.2) is 29.2 Å². The molecule has 0 radical (unpaired) electrons. The molecule has 2 aromatic carbocycles. The van der Waals surface area contributed by atoms with Crippen LogP contribution in [0, 0.1) is 0 Å². The maximum Gasteiger partial charge on any atom is 0.325 e. The number of urea groups is 1. The summed E-state index contributed by atoms with van der Waals surface area (Å²) in [5.74, 6) is -0.116. The minimum Gasteiger partial charge on any atom is -0.319 e. The molecule has 3 amide bonds. The minimum atomic E-state index is -1.05. The van der Waals surface area contributed by atoms with Crippen LogP contribution in [0.4, 0.5) is 4.79 Å². The molecule has 1 fully saturated rings. The van der Waals surface area contributed by atoms with E-state index in [2.05, 4.69) is 19.2 Å². The van der Waals surface area contributed by atoms with Gasteiger partial charge in [-0.2, -0.15) is 0 Å². The highest BCUT2D eigenvalue weighted by Gasteiger charge is 2.53. The van der Waals surface area contributed by atoms with Crippen molar-refractivity contribution in [3.05, 3.63) is 70.8 Å². The van der Waals surface area contributed by atoms with Gasteiger partial charge in [-0.05, 0) is 54.7 Å². The van der Waals surface area contributed by atoms with Crippen LogP contribution in [0.2, 0.25) is 0 Å². The van der Waals surface area contributed by atoms with Crippen molar-refractivity contribution in [2.24, 2.45) is 0 Å². The summed E-state index contributed by atoms with van der Waals surface area (Å²) in [7, 11) is 0. The molecule has 1 saturated heterocycles. The van der Waals surface area contributed by atoms with E-state index in [1.807, 2.05) is 36.4 Å². The van der Waals surface area contributed by atoms with E-state index in [1.54, 1.807) is 12.1 Å². The van der Waals surface area contributed by atoms with Gasteiger partial charge in [0.2, 0.25) is 0 Å². The molecule has 1 spiro atoms. The second-order valence-corrected chi connectivity index (χ2v) is 8.45. The molecule has 1 heterocycles. The standard InChI is InChI=1S/C25H28N2O3/c1-3-17(2)18-11-13-20(14-12-18)22(28)16-27-23(29)25(26-24(27)30)15-7-6-9-19-8-4-5-10-21(19)25/h4-5,8,10-14,17H,3,6-7,9,15-16H2,1-2H3,(H,26,30)/t17-,25+/m1/s1. The summed E-state index contributed by atoms with van der Waals surface area (Å²) < 4.78 is 0.